The molecule has 34 heavy (non-hydrogen) atoms. The summed E-state index contributed by atoms with van der Waals surface area (Å²) in [6.45, 7) is 3.92. The quantitative estimate of drug-likeness (QED) is 0.484. The molecule has 3 aromatic rings. The maximum Gasteiger partial charge on any atom is 0.411 e. The predicted octanol–water partition coefficient (Wildman–Crippen LogP) is 4.33. The van der Waals surface area contributed by atoms with E-state index in [1.807, 2.05) is 6.92 Å². The number of carbonyl (C=O) groups is 1. The standard InChI is InChI=1S/C23H25ClN6O4/c1-13-11-16(14(2)26-21(13)34-3)27-19-22(31)30(12-18(24)28-19)20-17(5-4-9-25-20)29(23(32)33)10-8-15-6-7-15/h4-5,9,11-12,15H,6-8,10H2,1-3H3,(H,27,28)(H,32,33). The summed E-state index contributed by atoms with van der Waals surface area (Å²) < 4.78 is 6.45. The van der Waals surface area contributed by atoms with E-state index in [0.29, 0.717) is 35.4 Å². The Balaban J connectivity index is 1.75. The van der Waals surface area contributed by atoms with Crippen molar-refractivity contribution in [1.29, 1.82) is 0 Å². The molecule has 0 spiro atoms. The first-order valence-corrected chi connectivity index (χ1v) is 11.2. The number of nitrogens with zero attached hydrogens (tertiary/aromatic N) is 5. The second-order valence-electron chi connectivity index (χ2n) is 8.17. The van der Waals surface area contributed by atoms with Crippen LogP contribution in [0.1, 0.15) is 30.5 Å². The van der Waals surface area contributed by atoms with Gasteiger partial charge in [-0.25, -0.2) is 19.7 Å². The van der Waals surface area contributed by atoms with Crippen molar-refractivity contribution in [3.8, 4) is 11.7 Å². The van der Waals surface area contributed by atoms with Crippen LogP contribution in [-0.2, 0) is 0 Å². The van der Waals surface area contributed by atoms with Crippen LogP contribution in [0, 0.1) is 19.8 Å². The van der Waals surface area contributed by atoms with Crippen molar-refractivity contribution < 1.29 is 14.6 Å². The van der Waals surface area contributed by atoms with E-state index >= 15 is 0 Å². The van der Waals surface area contributed by atoms with E-state index < -0.39 is 11.7 Å². The maximum absolute atomic E-state index is 13.4. The molecule has 3 aromatic heterocycles. The summed E-state index contributed by atoms with van der Waals surface area (Å²) in [6.07, 6.45) is 4.68. The zero-order valence-electron chi connectivity index (χ0n) is 19.1. The monoisotopic (exact) mass is 484 g/mol. The van der Waals surface area contributed by atoms with Gasteiger partial charge in [0.2, 0.25) is 5.88 Å². The Kier molecular flexibility index (Phi) is 6.69. The average Bonchev–Trinajstić information content (AvgIpc) is 3.63. The molecule has 1 aliphatic carbocycles. The highest BCUT2D eigenvalue weighted by Gasteiger charge is 2.26. The molecule has 0 radical (unpaired) electrons. The van der Waals surface area contributed by atoms with Gasteiger partial charge in [-0.1, -0.05) is 24.4 Å². The van der Waals surface area contributed by atoms with Crippen LogP contribution in [0.2, 0.25) is 5.15 Å². The van der Waals surface area contributed by atoms with E-state index in [9.17, 15) is 14.7 Å². The molecule has 0 unspecified atom stereocenters. The number of amides is 1. The molecule has 0 bridgehead atoms. The fraction of sp³-hybridized carbons (Fsp3) is 0.348. The number of aryl methyl sites for hydroxylation is 2. The summed E-state index contributed by atoms with van der Waals surface area (Å²) in [7, 11) is 1.54. The molecule has 4 rings (SSSR count). The van der Waals surface area contributed by atoms with Gasteiger partial charge in [-0.05, 0) is 44.4 Å². The molecule has 2 N–H and O–H groups in total. The van der Waals surface area contributed by atoms with Gasteiger partial charge in [0.15, 0.2) is 11.6 Å². The summed E-state index contributed by atoms with van der Waals surface area (Å²) >= 11 is 6.26. The SMILES string of the molecule is COc1nc(C)c(Nc2nc(Cl)cn(-c3ncccc3N(CCC3CC3)C(=O)O)c2=O)cc1C. The normalized spacial score (nSPS) is 12.9. The number of carboxylic acid groups (broad SMARTS) is 1. The van der Waals surface area contributed by atoms with Gasteiger partial charge in [-0.15, -0.1) is 0 Å². The van der Waals surface area contributed by atoms with Crippen LogP contribution in [0.15, 0.2) is 35.4 Å². The Morgan fingerprint density at radius 2 is 2.12 bits per heavy atom. The highest BCUT2D eigenvalue weighted by atomic mass is 35.5. The van der Waals surface area contributed by atoms with Gasteiger partial charge in [0.25, 0.3) is 5.56 Å². The van der Waals surface area contributed by atoms with Gasteiger partial charge in [-0.2, -0.15) is 0 Å². The number of methoxy groups -OCH3 is 1. The minimum atomic E-state index is -1.11. The number of halogens is 1. The van der Waals surface area contributed by atoms with Gasteiger partial charge in [0, 0.05) is 18.3 Å². The molecule has 1 aliphatic rings. The lowest BCUT2D eigenvalue weighted by atomic mass is 10.2. The summed E-state index contributed by atoms with van der Waals surface area (Å²) in [5.41, 5.74) is 1.70. The van der Waals surface area contributed by atoms with Gasteiger partial charge in [0.05, 0.1) is 30.4 Å². The molecule has 1 fully saturated rings. The third kappa shape index (κ3) is 4.96. The molecule has 1 amide bonds. The number of aromatic nitrogens is 4. The van der Waals surface area contributed by atoms with Crippen molar-refractivity contribution in [2.75, 3.05) is 23.9 Å². The Bertz CT molecular complexity index is 1290. The molecule has 178 valence electrons. The number of anilines is 3. The van der Waals surface area contributed by atoms with Crippen molar-refractivity contribution in [3.05, 3.63) is 57.4 Å². The van der Waals surface area contributed by atoms with Crippen LogP contribution in [0.3, 0.4) is 0 Å². The van der Waals surface area contributed by atoms with E-state index in [4.69, 9.17) is 16.3 Å². The highest BCUT2D eigenvalue weighted by Crippen LogP contribution is 2.33. The molecular formula is C23H25ClN6O4. The second kappa shape index (κ2) is 9.68. The van der Waals surface area contributed by atoms with E-state index in [0.717, 1.165) is 24.8 Å². The van der Waals surface area contributed by atoms with Gasteiger partial charge in [-0.3, -0.25) is 14.3 Å². The minimum Gasteiger partial charge on any atom is -0.481 e. The average molecular weight is 485 g/mol. The second-order valence-corrected chi connectivity index (χ2v) is 8.56. The minimum absolute atomic E-state index is 0.0365. The first-order chi connectivity index (χ1) is 16.3. The van der Waals surface area contributed by atoms with E-state index in [1.54, 1.807) is 25.1 Å². The summed E-state index contributed by atoms with van der Waals surface area (Å²) in [4.78, 5) is 39.5. The number of hydrogen-bond acceptors (Lipinski definition) is 7. The predicted molar refractivity (Wildman–Crippen MR) is 129 cm³/mol. The molecule has 10 nitrogen and oxygen atoms in total. The number of rotatable bonds is 8. The number of nitrogens with one attached hydrogen (secondary N) is 1. The molecule has 0 saturated heterocycles. The molecule has 0 aromatic carbocycles. The Labute approximate surface area is 201 Å². The molecular weight excluding hydrogens is 460 g/mol. The number of pyridine rings is 2. The fourth-order valence-corrected chi connectivity index (χ4v) is 3.85. The fourth-order valence-electron chi connectivity index (χ4n) is 3.67. The molecule has 3 heterocycles. The Morgan fingerprint density at radius 3 is 2.79 bits per heavy atom. The van der Waals surface area contributed by atoms with Crippen LogP contribution < -0.4 is 20.5 Å². The van der Waals surface area contributed by atoms with E-state index in [-0.39, 0.29) is 16.8 Å². The van der Waals surface area contributed by atoms with E-state index in [2.05, 4.69) is 20.3 Å². The molecule has 1 saturated carbocycles. The number of ether oxygens (including phenoxy) is 1. The molecule has 0 atom stereocenters. The number of hydrogen-bond donors (Lipinski definition) is 2. The lowest BCUT2D eigenvalue weighted by Crippen LogP contribution is -2.33. The van der Waals surface area contributed by atoms with Crippen LogP contribution in [0.4, 0.5) is 22.0 Å². The first kappa shape index (κ1) is 23.5. The van der Waals surface area contributed by atoms with Crippen molar-refractivity contribution in [1.82, 2.24) is 19.5 Å². The molecule has 0 aliphatic heterocycles. The van der Waals surface area contributed by atoms with Crippen molar-refractivity contribution in [3.63, 3.8) is 0 Å². The van der Waals surface area contributed by atoms with Crippen molar-refractivity contribution in [2.45, 2.75) is 33.1 Å². The zero-order valence-corrected chi connectivity index (χ0v) is 19.8. The third-order valence-electron chi connectivity index (χ3n) is 5.65. The largest absolute Gasteiger partial charge is 0.481 e. The molecule has 11 heteroatoms. The van der Waals surface area contributed by atoms with Gasteiger partial charge >= 0.3 is 6.09 Å². The smallest absolute Gasteiger partial charge is 0.411 e. The lowest BCUT2D eigenvalue weighted by molar-refractivity contribution is 0.201. The zero-order chi connectivity index (χ0) is 24.4. The third-order valence-corrected chi connectivity index (χ3v) is 5.84. The summed E-state index contributed by atoms with van der Waals surface area (Å²) in [5.74, 6) is 1.13. The van der Waals surface area contributed by atoms with Crippen LogP contribution >= 0.6 is 11.6 Å². The van der Waals surface area contributed by atoms with Gasteiger partial charge in [0.1, 0.15) is 5.15 Å². The van der Waals surface area contributed by atoms with Crippen LogP contribution in [-0.4, -0.2) is 44.4 Å². The van der Waals surface area contributed by atoms with Crippen molar-refractivity contribution in [2.24, 2.45) is 5.92 Å². The summed E-state index contributed by atoms with van der Waals surface area (Å²) in [6, 6.07) is 5.05. The van der Waals surface area contributed by atoms with Crippen LogP contribution in [0.5, 0.6) is 5.88 Å². The van der Waals surface area contributed by atoms with Gasteiger partial charge < -0.3 is 15.2 Å². The van der Waals surface area contributed by atoms with Crippen molar-refractivity contribution >= 4 is 34.9 Å². The topological polar surface area (TPSA) is 122 Å². The first-order valence-electron chi connectivity index (χ1n) is 10.8. The highest BCUT2D eigenvalue weighted by molar-refractivity contribution is 6.29. The lowest BCUT2D eigenvalue weighted by Gasteiger charge is -2.22. The Hall–Kier alpha value is -3.66. The van der Waals surface area contributed by atoms with E-state index in [1.165, 1.54) is 29.0 Å². The maximum atomic E-state index is 13.4. The summed E-state index contributed by atoms with van der Waals surface area (Å²) in [5, 5.41) is 12.9. The van der Waals surface area contributed by atoms with Crippen LogP contribution in [0.25, 0.3) is 5.82 Å². The Morgan fingerprint density at radius 1 is 1.35 bits per heavy atom.